The van der Waals surface area contributed by atoms with Gasteiger partial charge in [0.15, 0.2) is 5.90 Å². The molecule has 0 aromatic rings. The van der Waals surface area contributed by atoms with Crippen LogP contribution in [0, 0.1) is 11.8 Å². The van der Waals surface area contributed by atoms with Gasteiger partial charge in [0, 0.05) is 5.92 Å². The smallest absolute Gasteiger partial charge is 0.186 e. The molecule has 3 atom stereocenters. The second-order valence-corrected chi connectivity index (χ2v) is 4.76. The van der Waals surface area contributed by atoms with Crippen molar-refractivity contribution < 1.29 is 4.74 Å². The molecule has 0 bridgehead atoms. The van der Waals surface area contributed by atoms with E-state index >= 15 is 0 Å². The third-order valence-corrected chi connectivity index (χ3v) is 3.26. The van der Waals surface area contributed by atoms with E-state index in [9.17, 15) is 0 Å². The summed E-state index contributed by atoms with van der Waals surface area (Å²) in [5, 5.41) is 0. The van der Waals surface area contributed by atoms with Crippen LogP contribution in [0.2, 0.25) is 0 Å². The predicted molar refractivity (Wildman–Crippen MR) is 57.3 cm³/mol. The Morgan fingerprint density at radius 3 is 2.93 bits per heavy atom. The van der Waals surface area contributed by atoms with E-state index in [-0.39, 0.29) is 0 Å². The van der Waals surface area contributed by atoms with E-state index in [4.69, 9.17) is 10.5 Å². The third-order valence-electron chi connectivity index (χ3n) is 3.26. The van der Waals surface area contributed by atoms with Crippen molar-refractivity contribution in [3.8, 4) is 0 Å². The Morgan fingerprint density at radius 2 is 2.29 bits per heavy atom. The Hall–Kier alpha value is -0.570. The Bertz CT molecular complexity index is 237. The Kier molecular flexibility index (Phi) is 2.77. The van der Waals surface area contributed by atoms with Gasteiger partial charge in [-0.25, -0.2) is 4.99 Å². The highest BCUT2D eigenvalue weighted by atomic mass is 16.5. The van der Waals surface area contributed by atoms with Gasteiger partial charge in [-0.1, -0.05) is 13.8 Å². The van der Waals surface area contributed by atoms with Gasteiger partial charge in [0.2, 0.25) is 0 Å². The Balaban J connectivity index is 1.98. The maximum atomic E-state index is 5.85. The molecular formula is C11H20N2O. The molecule has 0 spiro atoms. The lowest BCUT2D eigenvalue weighted by atomic mass is 9.84. The van der Waals surface area contributed by atoms with Crippen molar-refractivity contribution in [3.63, 3.8) is 0 Å². The first-order valence-electron chi connectivity index (χ1n) is 5.65. The minimum atomic E-state index is 0.328. The molecule has 3 heteroatoms. The van der Waals surface area contributed by atoms with Crippen LogP contribution in [-0.2, 0) is 4.74 Å². The van der Waals surface area contributed by atoms with Crippen molar-refractivity contribution in [3.05, 3.63) is 0 Å². The van der Waals surface area contributed by atoms with Crippen molar-refractivity contribution in [2.45, 2.75) is 45.3 Å². The number of hydrogen-bond donors (Lipinski definition) is 1. The summed E-state index contributed by atoms with van der Waals surface area (Å²) >= 11 is 0. The molecule has 3 nitrogen and oxygen atoms in total. The summed E-state index contributed by atoms with van der Waals surface area (Å²) in [7, 11) is 0. The molecule has 1 fully saturated rings. The van der Waals surface area contributed by atoms with Crippen LogP contribution in [-0.4, -0.2) is 24.6 Å². The van der Waals surface area contributed by atoms with E-state index in [0.717, 1.165) is 25.3 Å². The molecule has 0 aromatic carbocycles. The molecule has 2 rings (SSSR count). The second kappa shape index (κ2) is 3.89. The van der Waals surface area contributed by atoms with Crippen molar-refractivity contribution in [1.29, 1.82) is 0 Å². The fourth-order valence-corrected chi connectivity index (χ4v) is 2.32. The SMILES string of the molecule is CC(C)C1=NC2CCC(CN)CC2O1. The molecule has 1 aliphatic carbocycles. The number of nitrogens with two attached hydrogens (primary N) is 1. The van der Waals surface area contributed by atoms with Crippen molar-refractivity contribution in [2.75, 3.05) is 6.54 Å². The lowest BCUT2D eigenvalue weighted by Gasteiger charge is -2.28. The summed E-state index contributed by atoms with van der Waals surface area (Å²) in [6, 6.07) is 0.426. The Labute approximate surface area is 85.7 Å². The highest BCUT2D eigenvalue weighted by Gasteiger charge is 2.36. The van der Waals surface area contributed by atoms with E-state index < -0.39 is 0 Å². The van der Waals surface area contributed by atoms with Crippen molar-refractivity contribution in [1.82, 2.24) is 0 Å². The summed E-state index contributed by atoms with van der Waals surface area (Å²) in [5.41, 5.74) is 5.69. The molecule has 0 radical (unpaired) electrons. The lowest BCUT2D eigenvalue weighted by Crippen LogP contribution is -2.34. The van der Waals surface area contributed by atoms with Gasteiger partial charge in [0.05, 0.1) is 6.04 Å². The fraction of sp³-hybridized carbons (Fsp3) is 0.909. The van der Waals surface area contributed by atoms with E-state index in [1.807, 2.05) is 0 Å². The predicted octanol–water partition coefficient (Wildman–Crippen LogP) is 1.57. The summed E-state index contributed by atoms with van der Waals surface area (Å²) < 4.78 is 5.85. The molecule has 14 heavy (non-hydrogen) atoms. The van der Waals surface area contributed by atoms with Gasteiger partial charge < -0.3 is 10.5 Å². The Morgan fingerprint density at radius 1 is 1.50 bits per heavy atom. The van der Waals surface area contributed by atoms with Gasteiger partial charge in [-0.15, -0.1) is 0 Å². The summed E-state index contributed by atoms with van der Waals surface area (Å²) in [4.78, 5) is 4.63. The number of hydrogen-bond acceptors (Lipinski definition) is 3. The van der Waals surface area contributed by atoms with Gasteiger partial charge in [-0.3, -0.25) is 0 Å². The van der Waals surface area contributed by atoms with Crippen LogP contribution in [0.1, 0.15) is 33.1 Å². The lowest BCUT2D eigenvalue weighted by molar-refractivity contribution is 0.117. The van der Waals surface area contributed by atoms with Gasteiger partial charge in [-0.05, 0) is 31.7 Å². The molecule has 80 valence electrons. The fourth-order valence-electron chi connectivity index (χ4n) is 2.32. The van der Waals surface area contributed by atoms with Crippen molar-refractivity contribution in [2.24, 2.45) is 22.6 Å². The molecule has 0 aromatic heterocycles. The van der Waals surface area contributed by atoms with Crippen LogP contribution < -0.4 is 5.73 Å². The number of nitrogens with zero attached hydrogens (tertiary/aromatic N) is 1. The van der Waals surface area contributed by atoms with E-state index in [1.165, 1.54) is 6.42 Å². The second-order valence-electron chi connectivity index (χ2n) is 4.76. The first-order chi connectivity index (χ1) is 6.70. The molecule has 3 unspecified atom stereocenters. The van der Waals surface area contributed by atoms with Gasteiger partial charge in [0.1, 0.15) is 6.10 Å². The number of fused-ring (bicyclic) bond motifs is 1. The third kappa shape index (κ3) is 1.78. The summed E-state index contributed by atoms with van der Waals surface area (Å²) in [6.07, 6.45) is 3.80. The summed E-state index contributed by atoms with van der Waals surface area (Å²) in [5.74, 6) is 2.03. The number of aliphatic imine (C=N–C) groups is 1. The average molecular weight is 196 g/mol. The zero-order valence-electron chi connectivity index (χ0n) is 9.07. The molecule has 1 heterocycles. The molecule has 0 amide bonds. The highest BCUT2D eigenvalue weighted by molar-refractivity contribution is 5.80. The van der Waals surface area contributed by atoms with Gasteiger partial charge >= 0.3 is 0 Å². The molecule has 0 saturated heterocycles. The summed E-state index contributed by atoms with van der Waals surface area (Å²) in [6.45, 7) is 5.07. The quantitative estimate of drug-likeness (QED) is 0.728. The largest absolute Gasteiger partial charge is 0.475 e. The number of ether oxygens (including phenoxy) is 1. The van der Waals surface area contributed by atoms with Crippen LogP contribution in [0.5, 0.6) is 0 Å². The van der Waals surface area contributed by atoms with E-state index in [1.54, 1.807) is 0 Å². The first kappa shape index (κ1) is 9.97. The van der Waals surface area contributed by atoms with E-state index in [2.05, 4.69) is 18.8 Å². The van der Waals surface area contributed by atoms with Crippen LogP contribution in [0.3, 0.4) is 0 Å². The van der Waals surface area contributed by atoms with Crippen LogP contribution in [0.4, 0.5) is 0 Å². The minimum Gasteiger partial charge on any atom is -0.475 e. The zero-order valence-corrected chi connectivity index (χ0v) is 9.07. The van der Waals surface area contributed by atoms with Crippen LogP contribution >= 0.6 is 0 Å². The topological polar surface area (TPSA) is 47.6 Å². The normalized spacial score (nSPS) is 36.6. The van der Waals surface area contributed by atoms with Gasteiger partial charge in [-0.2, -0.15) is 0 Å². The first-order valence-corrected chi connectivity index (χ1v) is 5.65. The number of rotatable bonds is 2. The maximum absolute atomic E-state index is 5.85. The molecule has 1 saturated carbocycles. The van der Waals surface area contributed by atoms with Crippen molar-refractivity contribution >= 4 is 5.90 Å². The molecular weight excluding hydrogens is 176 g/mol. The monoisotopic (exact) mass is 196 g/mol. The maximum Gasteiger partial charge on any atom is 0.186 e. The standard InChI is InChI=1S/C11H20N2O/c1-7(2)11-13-9-4-3-8(6-12)5-10(9)14-11/h7-10H,3-6,12H2,1-2H3. The minimum absolute atomic E-state index is 0.328. The van der Waals surface area contributed by atoms with Crippen LogP contribution in [0.15, 0.2) is 4.99 Å². The molecule has 1 aliphatic heterocycles. The van der Waals surface area contributed by atoms with Gasteiger partial charge in [0.25, 0.3) is 0 Å². The average Bonchev–Trinajstić information content (AvgIpc) is 2.59. The van der Waals surface area contributed by atoms with Crippen LogP contribution in [0.25, 0.3) is 0 Å². The van der Waals surface area contributed by atoms with E-state index in [0.29, 0.717) is 24.0 Å². The zero-order chi connectivity index (χ0) is 10.1. The molecule has 2 N–H and O–H groups in total. The molecule has 2 aliphatic rings. The highest BCUT2D eigenvalue weighted by Crippen LogP contribution is 2.32.